The first kappa shape index (κ1) is 85.7. The fourth-order valence-corrected chi connectivity index (χ4v) is 11.2. The van der Waals surface area contributed by atoms with Gasteiger partial charge in [0, 0.05) is 12.8 Å². The van der Waals surface area contributed by atoms with Crippen molar-refractivity contribution in [2.24, 2.45) is 0 Å². The van der Waals surface area contributed by atoms with E-state index in [0.717, 1.165) is 109 Å². The fourth-order valence-electron chi connectivity index (χ4n) is 10.5. The second kappa shape index (κ2) is 67.6. The molecule has 0 saturated heterocycles. The lowest BCUT2D eigenvalue weighted by Gasteiger charge is -2.30. The SMILES string of the molecule is CC/C=C\C/C=C\C/C=C\C/C=C\C/C=C\C/C=C\CCCCCCC(=O)OC(/C=C\CCCCCCCCCCCCC)C(COP(=O)([O-])OCC[N+](C)(C)C)NC(=O)CCCCCCCCCCCCCCCCCCC/C=C\C/C=C\CCCCC. The number of phosphoric acid groups is 1. The van der Waals surface area contributed by atoms with Crippen LogP contribution >= 0.6 is 7.82 Å². The highest BCUT2D eigenvalue weighted by Crippen LogP contribution is 2.38. The largest absolute Gasteiger partial charge is 0.756 e. The molecule has 0 spiro atoms. The number of nitrogens with one attached hydrogen (secondary N) is 1. The Hall–Kier alpha value is -3.33. The number of unbranched alkanes of at least 4 members (excludes halogenated alkanes) is 35. The number of hydrogen-bond acceptors (Lipinski definition) is 7. The van der Waals surface area contributed by atoms with E-state index >= 15 is 0 Å². The summed E-state index contributed by atoms with van der Waals surface area (Å²) < 4.78 is 30.5. The van der Waals surface area contributed by atoms with Gasteiger partial charge in [0.05, 0.1) is 33.8 Å². The third kappa shape index (κ3) is 68.9. The molecule has 1 N–H and O–H groups in total. The zero-order valence-corrected chi connectivity index (χ0v) is 59.8. The monoisotopic (exact) mass is 1260 g/mol. The Balaban J connectivity index is 5.09. The number of carbonyl (C=O) groups is 2. The van der Waals surface area contributed by atoms with Crippen molar-refractivity contribution in [3.63, 3.8) is 0 Å². The third-order valence-electron chi connectivity index (χ3n) is 16.2. The van der Waals surface area contributed by atoms with E-state index in [-0.39, 0.29) is 24.9 Å². The van der Waals surface area contributed by atoms with E-state index < -0.39 is 26.6 Å². The highest BCUT2D eigenvalue weighted by Gasteiger charge is 2.27. The molecule has 0 saturated carbocycles. The van der Waals surface area contributed by atoms with Crippen molar-refractivity contribution < 1.29 is 37.3 Å². The van der Waals surface area contributed by atoms with Gasteiger partial charge in [0.1, 0.15) is 19.3 Å². The Labute approximate surface area is 551 Å². The Morgan fingerprint density at radius 3 is 1.10 bits per heavy atom. The maximum absolute atomic E-state index is 13.6. The van der Waals surface area contributed by atoms with E-state index in [4.69, 9.17) is 13.8 Å². The molecular weight excluding hydrogens is 1120 g/mol. The van der Waals surface area contributed by atoms with Gasteiger partial charge in [-0.25, -0.2) is 0 Å². The van der Waals surface area contributed by atoms with Gasteiger partial charge in [-0.05, 0) is 115 Å². The summed E-state index contributed by atoms with van der Waals surface area (Å²) in [5.41, 5.74) is 0. The van der Waals surface area contributed by atoms with Crippen LogP contribution in [0.2, 0.25) is 0 Å². The highest BCUT2D eigenvalue weighted by molar-refractivity contribution is 7.45. The molecule has 89 heavy (non-hydrogen) atoms. The Morgan fingerprint density at radius 2 is 0.719 bits per heavy atom. The van der Waals surface area contributed by atoms with Crippen molar-refractivity contribution in [3.8, 4) is 0 Å². The van der Waals surface area contributed by atoms with Crippen LogP contribution in [0.25, 0.3) is 0 Å². The van der Waals surface area contributed by atoms with Gasteiger partial charge in [-0.2, -0.15) is 0 Å². The molecule has 0 radical (unpaired) electrons. The summed E-state index contributed by atoms with van der Waals surface area (Å²) in [6.07, 6.45) is 93.6. The number of rotatable bonds is 67. The van der Waals surface area contributed by atoms with Crippen LogP contribution in [0, 0.1) is 0 Å². The standard InChI is InChI=1S/C79H141N2O7P/c1-7-10-13-16-19-22-25-28-30-32-34-36-38-39-40-41-43-44-46-48-50-53-56-59-62-65-68-71-78(82)80-76(75-87-89(84,85)86-74-73-81(4,5)6)77(70-67-64-61-58-55-52-27-24-21-18-15-12-9-3)88-79(83)72-69-66-63-60-57-54-51-49-47-45-42-37-35-33-31-29-26-23-20-17-14-11-8-2/h11,14,19-20,22-23,28-31,35,37,45,47,51,54,67,70,76-77H,7-10,12-13,15-18,21,24-27,32-34,36,38-44,46,48-50,52-53,55-66,68-69,71-75H2,1-6H3,(H-,80,82,84,85)/b14-11-,22-19-,23-20-,30-28-,31-29-,37-35-,47-45-,54-51-,70-67-. The molecule has 3 unspecified atom stereocenters. The van der Waals surface area contributed by atoms with Crippen LogP contribution in [0.3, 0.4) is 0 Å². The number of carbonyl (C=O) groups excluding carboxylic acids is 2. The minimum Gasteiger partial charge on any atom is -0.756 e. The molecule has 9 nitrogen and oxygen atoms in total. The minimum absolute atomic E-state index is 0.0304. The number of quaternary nitrogens is 1. The van der Waals surface area contributed by atoms with Crippen LogP contribution < -0.4 is 10.2 Å². The van der Waals surface area contributed by atoms with Crippen molar-refractivity contribution in [2.45, 2.75) is 341 Å². The van der Waals surface area contributed by atoms with Gasteiger partial charge in [0.25, 0.3) is 7.82 Å². The van der Waals surface area contributed by atoms with Crippen LogP contribution in [-0.4, -0.2) is 69.4 Å². The predicted octanol–water partition coefficient (Wildman–Crippen LogP) is 23.4. The maximum Gasteiger partial charge on any atom is 0.306 e. The number of ether oxygens (including phenoxy) is 1. The molecule has 0 aromatic carbocycles. The van der Waals surface area contributed by atoms with Gasteiger partial charge in [0.2, 0.25) is 5.91 Å². The average Bonchev–Trinajstić information content (AvgIpc) is 3.57. The fraction of sp³-hybridized carbons (Fsp3) is 0.747. The summed E-state index contributed by atoms with van der Waals surface area (Å²) >= 11 is 0. The van der Waals surface area contributed by atoms with Crippen molar-refractivity contribution in [3.05, 3.63) is 109 Å². The first-order valence-electron chi connectivity index (χ1n) is 37.2. The Morgan fingerprint density at radius 1 is 0.404 bits per heavy atom. The molecule has 0 aromatic rings. The van der Waals surface area contributed by atoms with Crippen LogP contribution in [0.5, 0.6) is 0 Å². The number of nitrogens with zero attached hydrogens (tertiary/aromatic N) is 1. The molecule has 0 fully saturated rings. The van der Waals surface area contributed by atoms with Crippen molar-refractivity contribution in [2.75, 3.05) is 40.9 Å². The molecule has 0 bridgehead atoms. The van der Waals surface area contributed by atoms with Gasteiger partial charge < -0.3 is 28.5 Å². The average molecular weight is 1260 g/mol. The molecule has 0 aliphatic heterocycles. The van der Waals surface area contributed by atoms with Crippen LogP contribution in [0.15, 0.2) is 109 Å². The predicted molar refractivity (Wildman–Crippen MR) is 385 cm³/mol. The van der Waals surface area contributed by atoms with Crippen LogP contribution in [0.4, 0.5) is 0 Å². The lowest BCUT2D eigenvalue weighted by Crippen LogP contribution is -2.47. The van der Waals surface area contributed by atoms with Gasteiger partial charge in [-0.15, -0.1) is 0 Å². The van der Waals surface area contributed by atoms with Crippen molar-refractivity contribution in [1.29, 1.82) is 0 Å². The number of allylic oxidation sites excluding steroid dienone is 17. The first-order valence-corrected chi connectivity index (χ1v) is 38.7. The molecule has 10 heteroatoms. The minimum atomic E-state index is -4.72. The molecule has 514 valence electrons. The summed E-state index contributed by atoms with van der Waals surface area (Å²) in [6.45, 7) is 6.72. The normalized spacial score (nSPS) is 14.1. The number of hydrogen-bond donors (Lipinski definition) is 1. The topological polar surface area (TPSA) is 114 Å². The lowest BCUT2D eigenvalue weighted by molar-refractivity contribution is -0.870. The quantitative estimate of drug-likeness (QED) is 0.0212. The molecular formula is C79H141N2O7P. The first-order chi connectivity index (χ1) is 43.4. The van der Waals surface area contributed by atoms with Gasteiger partial charge in [0.15, 0.2) is 0 Å². The summed E-state index contributed by atoms with van der Waals surface area (Å²) in [5.74, 6) is -0.565. The summed E-state index contributed by atoms with van der Waals surface area (Å²) in [4.78, 5) is 40.3. The van der Waals surface area contributed by atoms with E-state index in [1.807, 2.05) is 33.3 Å². The van der Waals surface area contributed by atoms with E-state index in [1.165, 1.54) is 180 Å². The van der Waals surface area contributed by atoms with Crippen molar-refractivity contribution >= 4 is 19.7 Å². The smallest absolute Gasteiger partial charge is 0.306 e. The summed E-state index contributed by atoms with van der Waals surface area (Å²) in [5, 5.41) is 3.04. The molecule has 0 rings (SSSR count). The summed E-state index contributed by atoms with van der Waals surface area (Å²) in [6, 6.07) is -0.906. The second-order valence-corrected chi connectivity index (χ2v) is 27.5. The van der Waals surface area contributed by atoms with E-state index in [1.54, 1.807) is 0 Å². The van der Waals surface area contributed by atoms with E-state index in [0.29, 0.717) is 23.9 Å². The van der Waals surface area contributed by atoms with E-state index in [2.05, 4.69) is 123 Å². The second-order valence-electron chi connectivity index (χ2n) is 26.1. The Bertz CT molecular complexity index is 1890. The number of phosphoric ester groups is 1. The lowest BCUT2D eigenvalue weighted by atomic mass is 10.0. The number of likely N-dealkylation sites (N-methyl/N-ethyl adjacent to an activating group) is 1. The Kier molecular flexibility index (Phi) is 65.0. The molecule has 3 atom stereocenters. The zero-order valence-electron chi connectivity index (χ0n) is 58.9. The number of esters is 1. The molecule has 0 aromatic heterocycles. The van der Waals surface area contributed by atoms with Crippen LogP contribution in [0.1, 0.15) is 329 Å². The molecule has 0 aliphatic carbocycles. The van der Waals surface area contributed by atoms with Gasteiger partial charge >= 0.3 is 5.97 Å². The third-order valence-corrected chi connectivity index (χ3v) is 17.2. The molecule has 0 heterocycles. The highest BCUT2D eigenvalue weighted by atomic mass is 31.2. The molecule has 1 amide bonds. The van der Waals surface area contributed by atoms with Crippen LogP contribution in [-0.2, 0) is 27.9 Å². The summed E-state index contributed by atoms with van der Waals surface area (Å²) in [7, 11) is 1.17. The van der Waals surface area contributed by atoms with Gasteiger partial charge in [-0.1, -0.05) is 310 Å². The van der Waals surface area contributed by atoms with E-state index in [9.17, 15) is 19.0 Å². The number of amides is 1. The molecule has 0 aliphatic rings. The zero-order chi connectivity index (χ0) is 64.9. The van der Waals surface area contributed by atoms with Gasteiger partial charge in [-0.3, -0.25) is 14.2 Å². The maximum atomic E-state index is 13.6. The van der Waals surface area contributed by atoms with Crippen molar-refractivity contribution in [1.82, 2.24) is 5.32 Å².